The summed E-state index contributed by atoms with van der Waals surface area (Å²) in [6.45, 7) is 6.52. The Labute approximate surface area is 103 Å². The lowest BCUT2D eigenvalue weighted by Crippen LogP contribution is -1.77. The highest BCUT2D eigenvalue weighted by Crippen LogP contribution is 2.14. The van der Waals surface area contributed by atoms with Crippen LogP contribution in [-0.2, 0) is 0 Å². The molecule has 0 amide bonds. The Morgan fingerprint density at radius 1 is 1.31 bits per heavy atom. The van der Waals surface area contributed by atoms with E-state index in [9.17, 15) is 0 Å². The predicted octanol–water partition coefficient (Wildman–Crippen LogP) is 5.45. The quantitative estimate of drug-likeness (QED) is 0.592. The Morgan fingerprint density at radius 3 is 2.69 bits per heavy atom. The van der Waals surface area contributed by atoms with E-state index in [0.717, 1.165) is 6.42 Å². The zero-order valence-electron chi connectivity index (χ0n) is 10.4. The number of hydrogen-bond donors (Lipinski definition) is 0. The van der Waals surface area contributed by atoms with Crippen molar-refractivity contribution in [2.24, 2.45) is 0 Å². The van der Waals surface area contributed by atoms with Crippen molar-refractivity contribution in [2.75, 3.05) is 0 Å². The van der Waals surface area contributed by atoms with Crippen molar-refractivity contribution in [3.63, 3.8) is 0 Å². The second-order valence-electron chi connectivity index (χ2n) is 4.00. The van der Waals surface area contributed by atoms with Gasteiger partial charge in [0.15, 0.2) is 0 Å². The molecule has 16 heavy (non-hydrogen) atoms. The van der Waals surface area contributed by atoms with Gasteiger partial charge in [0.1, 0.15) is 0 Å². The average Bonchev–Trinajstić information content (AvgIpc) is 2.75. The van der Waals surface area contributed by atoms with Gasteiger partial charge in [-0.05, 0) is 43.4 Å². The lowest BCUT2D eigenvalue weighted by atomic mass is 10.1. The molecule has 0 atom stereocenters. The number of thiophene rings is 1. The van der Waals surface area contributed by atoms with Crippen LogP contribution in [0.1, 0.15) is 38.5 Å². The van der Waals surface area contributed by atoms with Crippen molar-refractivity contribution in [1.82, 2.24) is 0 Å². The van der Waals surface area contributed by atoms with Crippen LogP contribution in [-0.4, -0.2) is 0 Å². The topological polar surface area (TPSA) is 0 Å². The van der Waals surface area contributed by atoms with Crippen LogP contribution in [0.2, 0.25) is 0 Å². The standard InChI is InChI=1S/C15H20S/c1-4-5-6-8-14(13(2)3)10-11-15-9-7-12-16-15/h6-12H,4-5H2,1-3H3/b8-6-,11-10+. The molecule has 0 unspecified atom stereocenters. The molecule has 1 aromatic rings. The first-order valence-electron chi connectivity index (χ1n) is 5.79. The van der Waals surface area contributed by atoms with Gasteiger partial charge in [-0.1, -0.05) is 43.2 Å². The molecule has 0 aliphatic rings. The van der Waals surface area contributed by atoms with E-state index in [0.29, 0.717) is 0 Å². The van der Waals surface area contributed by atoms with Gasteiger partial charge in [0.25, 0.3) is 0 Å². The summed E-state index contributed by atoms with van der Waals surface area (Å²) in [7, 11) is 0. The lowest BCUT2D eigenvalue weighted by Gasteiger charge is -1.97. The molecule has 0 nitrogen and oxygen atoms in total. The molecule has 0 spiro atoms. The van der Waals surface area contributed by atoms with Crippen LogP contribution in [0.25, 0.3) is 6.08 Å². The smallest absolute Gasteiger partial charge is 0.0270 e. The van der Waals surface area contributed by atoms with Gasteiger partial charge >= 0.3 is 0 Å². The molecule has 0 saturated carbocycles. The highest BCUT2D eigenvalue weighted by atomic mass is 32.1. The molecule has 0 radical (unpaired) electrons. The van der Waals surface area contributed by atoms with E-state index < -0.39 is 0 Å². The fourth-order valence-corrected chi connectivity index (χ4v) is 1.94. The molecule has 1 heterocycles. The Kier molecular flexibility index (Phi) is 5.87. The largest absolute Gasteiger partial charge is 0.144 e. The first kappa shape index (κ1) is 13.0. The summed E-state index contributed by atoms with van der Waals surface area (Å²) in [5.41, 5.74) is 2.68. The summed E-state index contributed by atoms with van der Waals surface area (Å²) in [4.78, 5) is 1.31. The van der Waals surface area contributed by atoms with Crippen molar-refractivity contribution in [3.8, 4) is 0 Å². The maximum atomic E-state index is 2.25. The lowest BCUT2D eigenvalue weighted by molar-refractivity contribution is 0.958. The summed E-state index contributed by atoms with van der Waals surface area (Å²) in [6, 6.07) is 4.22. The normalized spacial score (nSPS) is 11.4. The van der Waals surface area contributed by atoms with Crippen LogP contribution >= 0.6 is 11.3 Å². The van der Waals surface area contributed by atoms with Gasteiger partial charge in [-0.3, -0.25) is 0 Å². The third-order valence-corrected chi connectivity index (χ3v) is 3.14. The van der Waals surface area contributed by atoms with E-state index >= 15 is 0 Å². The maximum Gasteiger partial charge on any atom is 0.0270 e. The van der Waals surface area contributed by atoms with Gasteiger partial charge in [0.05, 0.1) is 0 Å². The zero-order valence-corrected chi connectivity index (χ0v) is 11.2. The molecule has 0 N–H and O–H groups in total. The number of unbranched alkanes of at least 4 members (excludes halogenated alkanes) is 1. The van der Waals surface area contributed by atoms with Gasteiger partial charge in [0, 0.05) is 4.88 Å². The van der Waals surface area contributed by atoms with Crippen LogP contribution in [0.3, 0.4) is 0 Å². The summed E-state index contributed by atoms with van der Waals surface area (Å²) >= 11 is 1.77. The van der Waals surface area contributed by atoms with Crippen molar-refractivity contribution in [3.05, 3.63) is 51.8 Å². The van der Waals surface area contributed by atoms with Crippen LogP contribution in [0, 0.1) is 0 Å². The van der Waals surface area contributed by atoms with Gasteiger partial charge in [0.2, 0.25) is 0 Å². The molecule has 0 saturated heterocycles. The first-order chi connectivity index (χ1) is 7.74. The zero-order chi connectivity index (χ0) is 11.8. The van der Waals surface area contributed by atoms with E-state index in [1.807, 2.05) is 0 Å². The van der Waals surface area contributed by atoms with Crippen molar-refractivity contribution < 1.29 is 0 Å². The maximum absolute atomic E-state index is 2.25. The second kappa shape index (κ2) is 7.24. The third kappa shape index (κ3) is 4.63. The molecule has 0 fully saturated rings. The Balaban J connectivity index is 2.70. The van der Waals surface area contributed by atoms with Gasteiger partial charge in [-0.15, -0.1) is 11.3 Å². The van der Waals surface area contributed by atoms with Crippen molar-refractivity contribution in [1.29, 1.82) is 0 Å². The van der Waals surface area contributed by atoms with Crippen molar-refractivity contribution in [2.45, 2.75) is 33.6 Å². The van der Waals surface area contributed by atoms with Crippen molar-refractivity contribution >= 4 is 17.4 Å². The number of rotatable bonds is 5. The Bertz CT molecular complexity index is 374. The number of allylic oxidation sites excluding steroid dienone is 5. The van der Waals surface area contributed by atoms with E-state index in [4.69, 9.17) is 0 Å². The minimum absolute atomic E-state index is 1.16. The minimum Gasteiger partial charge on any atom is -0.144 e. The van der Waals surface area contributed by atoms with Crippen LogP contribution in [0.4, 0.5) is 0 Å². The molecular formula is C15H20S. The Morgan fingerprint density at radius 2 is 2.12 bits per heavy atom. The summed E-state index contributed by atoms with van der Waals surface area (Å²) < 4.78 is 0. The molecule has 0 aromatic carbocycles. The van der Waals surface area contributed by atoms with Gasteiger partial charge in [-0.25, -0.2) is 0 Å². The highest BCUT2D eigenvalue weighted by molar-refractivity contribution is 7.10. The fourth-order valence-electron chi connectivity index (χ4n) is 1.32. The molecule has 0 bridgehead atoms. The molecular weight excluding hydrogens is 212 g/mol. The van der Waals surface area contributed by atoms with Crippen LogP contribution < -0.4 is 0 Å². The average molecular weight is 232 g/mol. The summed E-state index contributed by atoms with van der Waals surface area (Å²) in [5.74, 6) is 0. The highest BCUT2D eigenvalue weighted by Gasteiger charge is 1.91. The van der Waals surface area contributed by atoms with E-state index in [1.54, 1.807) is 11.3 Å². The van der Waals surface area contributed by atoms with Crippen LogP contribution in [0.5, 0.6) is 0 Å². The molecule has 86 valence electrons. The fraction of sp³-hybridized carbons (Fsp3) is 0.333. The second-order valence-corrected chi connectivity index (χ2v) is 4.97. The summed E-state index contributed by atoms with van der Waals surface area (Å²) in [6.07, 6.45) is 11.2. The predicted molar refractivity (Wildman–Crippen MR) is 75.8 cm³/mol. The van der Waals surface area contributed by atoms with Crippen LogP contribution in [0.15, 0.2) is 46.9 Å². The first-order valence-corrected chi connectivity index (χ1v) is 6.67. The third-order valence-electron chi connectivity index (χ3n) is 2.30. The minimum atomic E-state index is 1.16. The molecule has 1 rings (SSSR count). The molecule has 0 aliphatic carbocycles. The summed E-state index contributed by atoms with van der Waals surface area (Å²) in [5, 5.41) is 2.11. The van der Waals surface area contributed by atoms with Gasteiger partial charge < -0.3 is 0 Å². The van der Waals surface area contributed by atoms with E-state index in [1.165, 1.54) is 22.4 Å². The van der Waals surface area contributed by atoms with Gasteiger partial charge in [-0.2, -0.15) is 0 Å². The Hall–Kier alpha value is -1.08. The van der Waals surface area contributed by atoms with E-state index in [-0.39, 0.29) is 0 Å². The SMILES string of the molecule is CCC/C=C\C(/C=C/c1cccs1)=C(C)C. The molecule has 0 aliphatic heterocycles. The number of hydrogen-bond acceptors (Lipinski definition) is 1. The monoisotopic (exact) mass is 232 g/mol. The van der Waals surface area contributed by atoms with E-state index in [2.05, 4.69) is 62.6 Å². The molecule has 1 aromatic heterocycles. The molecule has 1 heteroatoms.